The highest BCUT2D eigenvalue weighted by Gasteiger charge is 2.19. The van der Waals surface area contributed by atoms with Crippen molar-refractivity contribution in [3.8, 4) is 0 Å². The van der Waals surface area contributed by atoms with Gasteiger partial charge in [0.15, 0.2) is 0 Å². The van der Waals surface area contributed by atoms with Crippen LogP contribution >= 0.6 is 15.9 Å². The maximum atomic E-state index is 8.93. The molecule has 1 aromatic heterocycles. The molecule has 0 unspecified atom stereocenters. The van der Waals surface area contributed by atoms with Gasteiger partial charge in [-0.3, -0.25) is 0 Å². The van der Waals surface area contributed by atoms with Gasteiger partial charge in [0.1, 0.15) is 5.82 Å². The van der Waals surface area contributed by atoms with Crippen LogP contribution in [0.2, 0.25) is 0 Å². The van der Waals surface area contributed by atoms with Crippen LogP contribution in [-0.4, -0.2) is 34.8 Å². The first-order chi connectivity index (χ1) is 11.7. The Morgan fingerprint density at radius 3 is 2.92 bits per heavy atom. The van der Waals surface area contributed by atoms with Gasteiger partial charge in [-0.05, 0) is 42.5 Å². The lowest BCUT2D eigenvalue weighted by atomic mass is 10.00. The Kier molecular flexibility index (Phi) is 5.68. The lowest BCUT2D eigenvalue weighted by Crippen LogP contribution is -2.31. The van der Waals surface area contributed by atoms with Crippen molar-refractivity contribution in [1.82, 2.24) is 9.97 Å². The lowest BCUT2D eigenvalue weighted by molar-refractivity contribution is 0.292. The third-order valence-electron chi connectivity index (χ3n) is 4.25. The summed E-state index contributed by atoms with van der Waals surface area (Å²) in [6.07, 6.45) is 2.60. The second-order valence-corrected chi connectivity index (χ2v) is 6.90. The number of nitrogens with zero attached hydrogens (tertiary/aromatic N) is 3. The molecule has 2 heterocycles. The quantitative estimate of drug-likeness (QED) is 0.741. The van der Waals surface area contributed by atoms with Gasteiger partial charge in [-0.15, -0.1) is 0 Å². The SMILES string of the molecule is CCc1cc(N2CCc3ccc(Br)cc3C2)nc(NCCCO)n1. The monoisotopic (exact) mass is 390 g/mol. The Balaban J connectivity index is 1.82. The normalized spacial score (nSPS) is 13.7. The van der Waals surface area contributed by atoms with Crippen molar-refractivity contribution >= 4 is 27.7 Å². The number of aromatic nitrogens is 2. The van der Waals surface area contributed by atoms with Crippen molar-refractivity contribution in [3.05, 3.63) is 45.6 Å². The van der Waals surface area contributed by atoms with Crippen molar-refractivity contribution in [2.24, 2.45) is 0 Å². The molecule has 0 radical (unpaired) electrons. The van der Waals surface area contributed by atoms with Crippen LogP contribution in [0.5, 0.6) is 0 Å². The van der Waals surface area contributed by atoms with Gasteiger partial charge < -0.3 is 15.3 Å². The van der Waals surface area contributed by atoms with Crippen LogP contribution in [0.15, 0.2) is 28.7 Å². The number of anilines is 2. The van der Waals surface area contributed by atoms with Crippen molar-refractivity contribution in [1.29, 1.82) is 0 Å². The van der Waals surface area contributed by atoms with E-state index < -0.39 is 0 Å². The molecule has 24 heavy (non-hydrogen) atoms. The third kappa shape index (κ3) is 4.05. The summed E-state index contributed by atoms with van der Waals surface area (Å²) < 4.78 is 1.12. The van der Waals surface area contributed by atoms with Crippen LogP contribution in [0.25, 0.3) is 0 Å². The van der Waals surface area contributed by atoms with Crippen molar-refractivity contribution in [2.75, 3.05) is 29.9 Å². The number of hydrogen-bond donors (Lipinski definition) is 2. The van der Waals surface area contributed by atoms with Crippen LogP contribution < -0.4 is 10.2 Å². The summed E-state index contributed by atoms with van der Waals surface area (Å²) in [5.41, 5.74) is 3.80. The zero-order chi connectivity index (χ0) is 16.9. The molecule has 0 fully saturated rings. The molecule has 0 atom stereocenters. The Morgan fingerprint density at radius 2 is 2.12 bits per heavy atom. The van der Waals surface area contributed by atoms with Gasteiger partial charge >= 0.3 is 0 Å². The summed E-state index contributed by atoms with van der Waals surface area (Å²) in [7, 11) is 0. The molecule has 128 valence electrons. The number of aryl methyl sites for hydroxylation is 1. The number of aliphatic hydroxyl groups excluding tert-OH is 1. The largest absolute Gasteiger partial charge is 0.396 e. The minimum absolute atomic E-state index is 0.172. The van der Waals surface area contributed by atoms with Gasteiger partial charge in [0.05, 0.1) is 0 Å². The number of fused-ring (bicyclic) bond motifs is 1. The summed E-state index contributed by atoms with van der Waals surface area (Å²) in [4.78, 5) is 11.5. The van der Waals surface area contributed by atoms with Gasteiger partial charge in [-0.25, -0.2) is 4.98 Å². The number of aliphatic hydroxyl groups is 1. The molecule has 0 saturated carbocycles. The molecule has 2 N–H and O–H groups in total. The molecule has 0 spiro atoms. The Bertz CT molecular complexity index is 707. The van der Waals surface area contributed by atoms with Crippen LogP contribution in [0.4, 0.5) is 11.8 Å². The van der Waals surface area contributed by atoms with E-state index >= 15 is 0 Å². The molecule has 1 aliphatic rings. The average Bonchev–Trinajstić information content (AvgIpc) is 2.61. The van der Waals surface area contributed by atoms with Crippen LogP contribution in [0.1, 0.15) is 30.2 Å². The number of hydrogen-bond acceptors (Lipinski definition) is 5. The zero-order valence-corrected chi connectivity index (χ0v) is 15.5. The van der Waals surface area contributed by atoms with E-state index in [4.69, 9.17) is 5.11 Å². The molecule has 5 nitrogen and oxygen atoms in total. The van der Waals surface area contributed by atoms with Crippen LogP contribution in [0.3, 0.4) is 0 Å². The van der Waals surface area contributed by atoms with Gasteiger partial charge in [0.2, 0.25) is 5.95 Å². The summed E-state index contributed by atoms with van der Waals surface area (Å²) in [6, 6.07) is 8.59. The van der Waals surface area contributed by atoms with Gasteiger partial charge in [-0.2, -0.15) is 4.98 Å². The summed E-state index contributed by atoms with van der Waals surface area (Å²) in [5, 5.41) is 12.1. The molecule has 0 amide bonds. The molecule has 6 heteroatoms. The minimum Gasteiger partial charge on any atom is -0.396 e. The van der Waals surface area contributed by atoms with E-state index in [-0.39, 0.29) is 6.61 Å². The van der Waals surface area contributed by atoms with Crippen molar-refractivity contribution in [3.63, 3.8) is 0 Å². The average molecular weight is 391 g/mol. The van der Waals surface area contributed by atoms with E-state index in [1.165, 1.54) is 11.1 Å². The smallest absolute Gasteiger partial charge is 0.224 e. The Morgan fingerprint density at radius 1 is 1.25 bits per heavy atom. The summed E-state index contributed by atoms with van der Waals surface area (Å²) >= 11 is 3.56. The van der Waals surface area contributed by atoms with Crippen LogP contribution in [-0.2, 0) is 19.4 Å². The van der Waals surface area contributed by atoms with E-state index in [2.05, 4.69) is 67.3 Å². The molecule has 2 aromatic rings. The Hall–Kier alpha value is -1.66. The lowest BCUT2D eigenvalue weighted by Gasteiger charge is -2.30. The highest BCUT2D eigenvalue weighted by molar-refractivity contribution is 9.10. The number of rotatable bonds is 6. The first-order valence-corrected chi connectivity index (χ1v) is 9.24. The number of benzene rings is 1. The maximum absolute atomic E-state index is 8.93. The van der Waals surface area contributed by atoms with Crippen molar-refractivity contribution < 1.29 is 5.11 Å². The predicted molar refractivity (Wildman–Crippen MR) is 100 cm³/mol. The number of nitrogens with one attached hydrogen (secondary N) is 1. The molecule has 3 rings (SSSR count). The second kappa shape index (κ2) is 7.94. The molecule has 1 aliphatic heterocycles. The zero-order valence-electron chi connectivity index (χ0n) is 13.9. The standard InChI is InChI=1S/C18H23BrN4O/c1-2-16-11-17(22-18(21-16)20-7-3-9-24)23-8-6-13-4-5-15(19)10-14(13)12-23/h4-5,10-11,24H,2-3,6-9,12H2,1H3,(H,20,21,22). The molecule has 1 aromatic carbocycles. The fourth-order valence-corrected chi connectivity index (χ4v) is 3.31. The fraction of sp³-hybridized carbons (Fsp3) is 0.444. The van der Waals surface area contributed by atoms with E-state index in [9.17, 15) is 0 Å². The molecule has 0 bridgehead atoms. The van der Waals surface area contributed by atoms with Gasteiger partial charge in [0.25, 0.3) is 0 Å². The highest BCUT2D eigenvalue weighted by Crippen LogP contribution is 2.26. The summed E-state index contributed by atoms with van der Waals surface area (Å²) in [5.74, 6) is 1.62. The van der Waals surface area contributed by atoms with E-state index in [1.54, 1.807) is 0 Å². The van der Waals surface area contributed by atoms with Crippen molar-refractivity contribution in [2.45, 2.75) is 32.7 Å². The molecular weight excluding hydrogens is 368 g/mol. The van der Waals surface area contributed by atoms with Crippen LogP contribution in [0, 0.1) is 0 Å². The topological polar surface area (TPSA) is 61.3 Å². The minimum atomic E-state index is 0.172. The molecule has 0 saturated heterocycles. The number of halogens is 1. The second-order valence-electron chi connectivity index (χ2n) is 5.98. The Labute approximate surface area is 151 Å². The van der Waals surface area contributed by atoms with E-state index in [0.29, 0.717) is 18.9 Å². The van der Waals surface area contributed by atoms with E-state index in [1.807, 2.05) is 0 Å². The highest BCUT2D eigenvalue weighted by atomic mass is 79.9. The molecule has 0 aliphatic carbocycles. The third-order valence-corrected chi connectivity index (χ3v) is 4.74. The van der Waals surface area contributed by atoms with Gasteiger partial charge in [-0.1, -0.05) is 28.9 Å². The van der Waals surface area contributed by atoms with E-state index in [0.717, 1.165) is 41.9 Å². The molecular formula is C18H23BrN4O. The fourth-order valence-electron chi connectivity index (χ4n) is 2.91. The maximum Gasteiger partial charge on any atom is 0.224 e. The predicted octanol–water partition coefficient (Wildman–Crippen LogP) is 3.16. The first-order valence-electron chi connectivity index (χ1n) is 8.44. The first kappa shape index (κ1) is 17.2. The van der Waals surface area contributed by atoms with Gasteiger partial charge in [0, 0.05) is 42.5 Å². The summed E-state index contributed by atoms with van der Waals surface area (Å²) in [6.45, 7) is 4.78.